The third-order valence-electron chi connectivity index (χ3n) is 12.5. The largest absolute Gasteiger partial charge is 0.456 e. The molecule has 0 N–H and O–H groups in total. The maximum atomic E-state index is 6.30. The fourth-order valence-corrected chi connectivity index (χ4v) is 9.98. The monoisotopic (exact) mass is 730 g/mol. The molecule has 1 aromatic heterocycles. The molecular weight excluding hydrogens is 693 g/mol. The number of rotatable bonds is 5. The van der Waals surface area contributed by atoms with Crippen molar-refractivity contribution in [3.05, 3.63) is 211 Å². The van der Waals surface area contributed by atoms with Crippen molar-refractivity contribution < 1.29 is 4.42 Å². The predicted molar refractivity (Wildman–Crippen MR) is 239 cm³/mol. The molecule has 2 aliphatic carbocycles. The molecular formula is C54H38N2O. The molecule has 3 atom stereocenters. The van der Waals surface area contributed by atoms with Crippen LogP contribution in [0.25, 0.3) is 60.5 Å². The zero-order valence-electron chi connectivity index (χ0n) is 31.3. The standard InChI is InChI=1S/C54H38N2O/c1-2-12-35(13-3-1)36-22-25-38(26-23-36)55(41-31-33-51-48(34-41)44-17-9-11-21-50(44)57-51)39-27-29-40(30-28-39)56-49-20-10-8-19-47(49)53-52-42-15-5-4-14-37(42)24-32-45(52)43-16-6-7-18-46(43)54(53)56/h1-33,41,47,49H,34H2. The van der Waals surface area contributed by atoms with Gasteiger partial charge in [0.2, 0.25) is 0 Å². The quantitative estimate of drug-likeness (QED) is 0.164. The van der Waals surface area contributed by atoms with Crippen LogP contribution in [0.2, 0.25) is 0 Å². The summed E-state index contributed by atoms with van der Waals surface area (Å²) in [7, 11) is 0. The van der Waals surface area contributed by atoms with Gasteiger partial charge in [-0.15, -0.1) is 0 Å². The van der Waals surface area contributed by atoms with Gasteiger partial charge in [-0.25, -0.2) is 0 Å². The highest BCUT2D eigenvalue weighted by atomic mass is 16.3. The van der Waals surface area contributed by atoms with Gasteiger partial charge < -0.3 is 14.2 Å². The third kappa shape index (κ3) is 4.98. The molecule has 0 saturated heterocycles. The lowest BCUT2D eigenvalue weighted by Gasteiger charge is -2.34. The molecule has 1 aliphatic heterocycles. The molecule has 0 radical (unpaired) electrons. The van der Waals surface area contributed by atoms with E-state index >= 15 is 0 Å². The van der Waals surface area contributed by atoms with Crippen molar-refractivity contribution in [1.82, 2.24) is 0 Å². The van der Waals surface area contributed by atoms with Gasteiger partial charge in [0.25, 0.3) is 0 Å². The van der Waals surface area contributed by atoms with Crippen LogP contribution in [-0.4, -0.2) is 12.1 Å². The van der Waals surface area contributed by atoms with Crippen LogP contribution in [0.4, 0.5) is 22.7 Å². The lowest BCUT2D eigenvalue weighted by Crippen LogP contribution is -2.33. The molecule has 57 heavy (non-hydrogen) atoms. The van der Waals surface area contributed by atoms with Crippen LogP contribution < -0.4 is 9.80 Å². The van der Waals surface area contributed by atoms with Crippen LogP contribution in [0.15, 0.2) is 199 Å². The SMILES string of the molecule is C1=CC2c3c(c4ccccc4c4ccc5ccccc5c34)N(c3ccc(N(c4ccc(-c5ccccc5)cc4)C4C=Cc5oc6ccccc6c5C4)cc3)C2C=C1. The van der Waals surface area contributed by atoms with Crippen LogP contribution in [0.5, 0.6) is 0 Å². The second-order valence-corrected chi connectivity index (χ2v) is 15.5. The van der Waals surface area contributed by atoms with E-state index in [4.69, 9.17) is 4.42 Å². The fourth-order valence-electron chi connectivity index (χ4n) is 9.98. The summed E-state index contributed by atoms with van der Waals surface area (Å²) in [5.41, 5.74) is 10.9. The molecule has 0 amide bonds. The Bertz CT molecular complexity index is 3120. The highest BCUT2D eigenvalue weighted by Crippen LogP contribution is 2.55. The summed E-state index contributed by atoms with van der Waals surface area (Å²) >= 11 is 0. The molecule has 0 spiro atoms. The van der Waals surface area contributed by atoms with Crippen LogP contribution in [-0.2, 0) is 6.42 Å². The Morgan fingerprint density at radius 1 is 0.526 bits per heavy atom. The lowest BCUT2D eigenvalue weighted by molar-refractivity contribution is 0.590. The average molecular weight is 731 g/mol. The molecule has 2 heterocycles. The van der Waals surface area contributed by atoms with Gasteiger partial charge in [0.1, 0.15) is 11.3 Å². The smallest absolute Gasteiger partial charge is 0.135 e. The summed E-state index contributed by atoms with van der Waals surface area (Å²) in [5, 5.41) is 9.08. The second-order valence-electron chi connectivity index (χ2n) is 15.5. The van der Waals surface area contributed by atoms with Gasteiger partial charge in [0, 0.05) is 45.7 Å². The van der Waals surface area contributed by atoms with E-state index in [0.717, 1.165) is 29.1 Å². The molecule has 3 nitrogen and oxygen atoms in total. The van der Waals surface area contributed by atoms with Gasteiger partial charge in [-0.2, -0.15) is 0 Å². The molecule has 0 saturated carbocycles. The van der Waals surface area contributed by atoms with Crippen molar-refractivity contribution in [2.75, 3.05) is 9.80 Å². The first-order chi connectivity index (χ1) is 28.3. The van der Waals surface area contributed by atoms with Gasteiger partial charge in [-0.1, -0.05) is 152 Å². The lowest BCUT2D eigenvalue weighted by atomic mass is 9.84. The first-order valence-electron chi connectivity index (χ1n) is 20.0. The zero-order valence-corrected chi connectivity index (χ0v) is 31.3. The molecule has 0 bridgehead atoms. The molecule has 3 heteroatoms. The summed E-state index contributed by atoms with van der Waals surface area (Å²) in [6.45, 7) is 0. The number of benzene rings is 8. The van der Waals surface area contributed by atoms with Crippen LogP contribution >= 0.6 is 0 Å². The Morgan fingerprint density at radius 3 is 2.02 bits per heavy atom. The van der Waals surface area contributed by atoms with Crippen molar-refractivity contribution in [3.8, 4) is 11.1 Å². The van der Waals surface area contributed by atoms with Gasteiger partial charge in [-0.3, -0.25) is 0 Å². The van der Waals surface area contributed by atoms with E-state index in [2.05, 4.69) is 210 Å². The minimum Gasteiger partial charge on any atom is -0.456 e. The number of allylic oxidation sites excluding steroid dienone is 2. The van der Waals surface area contributed by atoms with Crippen molar-refractivity contribution in [2.24, 2.45) is 0 Å². The van der Waals surface area contributed by atoms with Gasteiger partial charge in [0.05, 0.1) is 17.8 Å². The molecule has 12 rings (SSSR count). The minimum atomic E-state index is 0.0961. The minimum absolute atomic E-state index is 0.0961. The van der Waals surface area contributed by atoms with E-state index < -0.39 is 0 Å². The highest BCUT2D eigenvalue weighted by Gasteiger charge is 2.40. The topological polar surface area (TPSA) is 19.6 Å². The first kappa shape index (κ1) is 32.2. The van der Waals surface area contributed by atoms with E-state index in [1.165, 1.54) is 71.3 Å². The summed E-state index contributed by atoms with van der Waals surface area (Å²) < 4.78 is 6.30. The number of furan rings is 1. The summed E-state index contributed by atoms with van der Waals surface area (Å²) in [4.78, 5) is 5.11. The Morgan fingerprint density at radius 2 is 1.19 bits per heavy atom. The van der Waals surface area contributed by atoms with Crippen LogP contribution in [0.1, 0.15) is 22.8 Å². The van der Waals surface area contributed by atoms with Crippen molar-refractivity contribution in [1.29, 1.82) is 0 Å². The van der Waals surface area contributed by atoms with Gasteiger partial charge in [0.15, 0.2) is 0 Å². The van der Waals surface area contributed by atoms with E-state index in [-0.39, 0.29) is 18.0 Å². The van der Waals surface area contributed by atoms with Gasteiger partial charge in [-0.05, 0) is 92.2 Å². The number of hydrogen-bond acceptors (Lipinski definition) is 3. The Balaban J connectivity index is 1.00. The molecule has 0 fully saturated rings. The highest BCUT2D eigenvalue weighted by molar-refractivity contribution is 6.24. The Kier molecular flexibility index (Phi) is 7.18. The van der Waals surface area contributed by atoms with E-state index in [1.54, 1.807) is 0 Å². The average Bonchev–Trinajstić information content (AvgIpc) is 3.83. The maximum Gasteiger partial charge on any atom is 0.135 e. The number of nitrogens with zero attached hydrogens (tertiary/aromatic N) is 2. The number of anilines is 4. The molecule has 9 aromatic rings. The van der Waals surface area contributed by atoms with Gasteiger partial charge >= 0.3 is 0 Å². The van der Waals surface area contributed by atoms with E-state index in [1.807, 2.05) is 0 Å². The number of hydrogen-bond donors (Lipinski definition) is 0. The third-order valence-corrected chi connectivity index (χ3v) is 12.5. The molecule has 3 aliphatic rings. The summed E-state index contributed by atoms with van der Waals surface area (Å²) in [5.74, 6) is 1.19. The molecule has 3 unspecified atom stereocenters. The molecule has 8 aromatic carbocycles. The van der Waals surface area contributed by atoms with Crippen LogP contribution in [0.3, 0.4) is 0 Å². The molecule has 270 valence electrons. The summed E-state index contributed by atoms with van der Waals surface area (Å²) in [6, 6.07) is 60.2. The van der Waals surface area contributed by atoms with Crippen LogP contribution in [0, 0.1) is 0 Å². The Hall–Kier alpha value is -7.10. The van der Waals surface area contributed by atoms with E-state index in [9.17, 15) is 0 Å². The number of fused-ring (bicyclic) bond motifs is 13. The van der Waals surface area contributed by atoms with Crippen molar-refractivity contribution in [3.63, 3.8) is 0 Å². The number of para-hydroxylation sites is 1. The van der Waals surface area contributed by atoms with E-state index in [0.29, 0.717) is 0 Å². The first-order valence-corrected chi connectivity index (χ1v) is 20.0. The predicted octanol–water partition coefficient (Wildman–Crippen LogP) is 14.1. The second kappa shape index (κ2) is 12.7. The Labute approximate surface area is 331 Å². The summed E-state index contributed by atoms with van der Waals surface area (Å²) in [6.07, 6.45) is 14.6. The normalized spacial score (nSPS) is 18.0. The van der Waals surface area contributed by atoms with Crippen molar-refractivity contribution in [2.45, 2.75) is 24.4 Å². The maximum absolute atomic E-state index is 6.30. The van der Waals surface area contributed by atoms with Crippen molar-refractivity contribution >= 4 is 72.1 Å². The fraction of sp³-hybridized carbons (Fsp3) is 0.0741. The zero-order chi connectivity index (χ0) is 37.5.